The number of urea groups is 1. The van der Waals surface area contributed by atoms with E-state index in [4.69, 9.17) is 0 Å². The number of nitrogens with zero attached hydrogens (tertiary/aromatic N) is 1. The predicted octanol–water partition coefficient (Wildman–Crippen LogP) is 1.12. The fourth-order valence-corrected chi connectivity index (χ4v) is 2.40. The maximum atomic E-state index is 11.9. The van der Waals surface area contributed by atoms with Crippen molar-refractivity contribution in [1.29, 1.82) is 0 Å². The van der Waals surface area contributed by atoms with Crippen LogP contribution in [0.3, 0.4) is 0 Å². The third-order valence-corrected chi connectivity index (χ3v) is 3.47. The zero-order valence-electron chi connectivity index (χ0n) is 10.4. The molecule has 19 heavy (non-hydrogen) atoms. The van der Waals surface area contributed by atoms with Crippen LogP contribution in [0.5, 0.6) is 0 Å². The molecule has 2 heterocycles. The molecule has 1 aromatic heterocycles. The van der Waals surface area contributed by atoms with Gasteiger partial charge in [-0.05, 0) is 25.1 Å². The zero-order valence-corrected chi connectivity index (χ0v) is 11.2. The van der Waals surface area contributed by atoms with Gasteiger partial charge in [0.15, 0.2) is 0 Å². The van der Waals surface area contributed by atoms with Crippen LogP contribution in [0.1, 0.15) is 9.75 Å². The average molecular weight is 280 g/mol. The summed E-state index contributed by atoms with van der Waals surface area (Å²) in [5.74, 6) is -1.17. The molecule has 0 spiro atoms. The van der Waals surface area contributed by atoms with Gasteiger partial charge in [0.25, 0.3) is 5.91 Å². The molecule has 0 bridgehead atoms. The van der Waals surface area contributed by atoms with E-state index in [0.717, 1.165) is 14.7 Å². The first kappa shape index (κ1) is 13.3. The van der Waals surface area contributed by atoms with E-state index in [1.165, 1.54) is 18.4 Å². The summed E-state index contributed by atoms with van der Waals surface area (Å²) in [7, 11) is 1.20. The Morgan fingerprint density at radius 3 is 2.79 bits per heavy atom. The van der Waals surface area contributed by atoms with E-state index >= 15 is 0 Å². The summed E-state index contributed by atoms with van der Waals surface area (Å²) in [4.78, 5) is 37.4. The van der Waals surface area contributed by atoms with Gasteiger partial charge in [-0.3, -0.25) is 9.59 Å². The number of hydrogen-bond donors (Lipinski definition) is 1. The Balaban J connectivity index is 2.18. The molecule has 7 heteroatoms. The Morgan fingerprint density at radius 1 is 1.47 bits per heavy atom. The van der Waals surface area contributed by atoms with Crippen LogP contribution in [0.4, 0.5) is 4.79 Å². The lowest BCUT2D eigenvalue weighted by molar-refractivity contribution is -0.143. The molecule has 0 saturated carbocycles. The fraction of sp³-hybridized carbons (Fsp3) is 0.250. The van der Waals surface area contributed by atoms with Crippen LogP contribution < -0.4 is 5.32 Å². The van der Waals surface area contributed by atoms with Crippen molar-refractivity contribution in [3.05, 3.63) is 27.6 Å². The van der Waals surface area contributed by atoms with Crippen LogP contribution in [-0.2, 0) is 14.3 Å². The Hall–Kier alpha value is -2.15. The largest absolute Gasteiger partial charge is 0.468 e. The second-order valence-electron chi connectivity index (χ2n) is 3.90. The number of amides is 3. The number of methoxy groups -OCH3 is 1. The van der Waals surface area contributed by atoms with E-state index in [9.17, 15) is 14.4 Å². The highest BCUT2D eigenvalue weighted by Gasteiger charge is 2.35. The third kappa shape index (κ3) is 2.82. The first-order chi connectivity index (χ1) is 9.01. The molecule has 0 aromatic carbocycles. The van der Waals surface area contributed by atoms with Crippen molar-refractivity contribution < 1.29 is 19.1 Å². The predicted molar refractivity (Wildman–Crippen MR) is 69.3 cm³/mol. The molecule has 0 aliphatic carbocycles. The van der Waals surface area contributed by atoms with Crippen LogP contribution in [0.25, 0.3) is 6.08 Å². The molecular weight excluding hydrogens is 268 g/mol. The topological polar surface area (TPSA) is 75.7 Å². The van der Waals surface area contributed by atoms with Gasteiger partial charge in [-0.2, -0.15) is 0 Å². The number of hydrogen-bond acceptors (Lipinski definition) is 5. The van der Waals surface area contributed by atoms with Crippen molar-refractivity contribution in [3.63, 3.8) is 0 Å². The van der Waals surface area contributed by atoms with E-state index in [2.05, 4.69) is 10.1 Å². The molecule has 0 radical (unpaired) electrons. The third-order valence-electron chi connectivity index (χ3n) is 2.52. The molecule has 6 nitrogen and oxygen atoms in total. The van der Waals surface area contributed by atoms with Crippen molar-refractivity contribution >= 4 is 35.3 Å². The molecule has 1 N–H and O–H groups in total. The van der Waals surface area contributed by atoms with Gasteiger partial charge < -0.3 is 10.1 Å². The number of esters is 1. The van der Waals surface area contributed by atoms with E-state index in [0.29, 0.717) is 0 Å². The normalized spacial score (nSPS) is 16.9. The lowest BCUT2D eigenvalue weighted by atomic mass is 10.3. The van der Waals surface area contributed by atoms with E-state index in [1.54, 1.807) is 6.08 Å². The number of thiophene rings is 1. The monoisotopic (exact) mass is 280 g/mol. The lowest BCUT2D eigenvalue weighted by Gasteiger charge is -2.08. The van der Waals surface area contributed by atoms with Gasteiger partial charge in [-0.15, -0.1) is 11.3 Å². The summed E-state index contributed by atoms with van der Waals surface area (Å²) in [5, 5.41) is 2.44. The number of rotatable bonds is 3. The van der Waals surface area contributed by atoms with Crippen LogP contribution in [0.15, 0.2) is 17.8 Å². The Morgan fingerprint density at radius 2 is 2.21 bits per heavy atom. The van der Waals surface area contributed by atoms with E-state index < -0.39 is 17.9 Å². The maximum absolute atomic E-state index is 11.9. The molecular formula is C12H12N2O4S. The lowest BCUT2D eigenvalue weighted by Crippen LogP contribution is -2.36. The first-order valence-corrected chi connectivity index (χ1v) is 6.30. The number of aryl methyl sites for hydroxylation is 1. The summed E-state index contributed by atoms with van der Waals surface area (Å²) >= 11 is 1.51. The smallest absolute Gasteiger partial charge is 0.329 e. The van der Waals surface area contributed by atoms with Gasteiger partial charge in [-0.25, -0.2) is 9.69 Å². The Kier molecular flexibility index (Phi) is 3.66. The average Bonchev–Trinajstić information content (AvgIpc) is 2.88. The van der Waals surface area contributed by atoms with Crippen molar-refractivity contribution in [2.45, 2.75) is 6.92 Å². The van der Waals surface area contributed by atoms with Crippen molar-refractivity contribution in [1.82, 2.24) is 10.2 Å². The number of imide groups is 1. The molecule has 0 atom stereocenters. The minimum absolute atomic E-state index is 0.163. The van der Waals surface area contributed by atoms with Crippen molar-refractivity contribution in [3.8, 4) is 0 Å². The molecule has 1 aliphatic rings. The maximum Gasteiger partial charge on any atom is 0.329 e. The minimum atomic E-state index is -0.642. The fourth-order valence-electron chi connectivity index (χ4n) is 1.58. The first-order valence-electron chi connectivity index (χ1n) is 5.49. The number of carbonyl (C=O) groups excluding carboxylic acids is 3. The van der Waals surface area contributed by atoms with Crippen LogP contribution in [0.2, 0.25) is 0 Å². The van der Waals surface area contributed by atoms with Crippen molar-refractivity contribution in [2.24, 2.45) is 0 Å². The van der Waals surface area contributed by atoms with Gasteiger partial charge >= 0.3 is 12.0 Å². The number of nitrogens with one attached hydrogen (secondary N) is 1. The summed E-state index contributed by atoms with van der Waals surface area (Å²) in [6.07, 6.45) is 1.59. The van der Waals surface area contributed by atoms with Crippen molar-refractivity contribution in [2.75, 3.05) is 13.7 Å². The van der Waals surface area contributed by atoms with E-state index in [-0.39, 0.29) is 12.2 Å². The van der Waals surface area contributed by atoms with Gasteiger partial charge in [-0.1, -0.05) is 0 Å². The summed E-state index contributed by atoms with van der Waals surface area (Å²) in [5.41, 5.74) is 0.163. The van der Waals surface area contributed by atoms with Gasteiger partial charge in [0.05, 0.1) is 7.11 Å². The molecule has 2 rings (SSSR count). The SMILES string of the molecule is COC(=O)CN1C(=O)N/C(=C/c2ccc(C)s2)C1=O. The summed E-state index contributed by atoms with van der Waals surface area (Å²) in [6.45, 7) is 1.56. The number of ether oxygens (including phenoxy) is 1. The van der Waals surface area contributed by atoms with Crippen LogP contribution in [0, 0.1) is 6.92 Å². The molecule has 1 aliphatic heterocycles. The zero-order chi connectivity index (χ0) is 14.0. The Labute approximate surface area is 113 Å². The molecule has 1 saturated heterocycles. The highest BCUT2D eigenvalue weighted by molar-refractivity contribution is 7.12. The second kappa shape index (κ2) is 5.23. The highest BCUT2D eigenvalue weighted by Crippen LogP contribution is 2.20. The Bertz CT molecular complexity index is 576. The summed E-state index contributed by atoms with van der Waals surface area (Å²) < 4.78 is 4.44. The van der Waals surface area contributed by atoms with Crippen LogP contribution in [-0.4, -0.2) is 36.5 Å². The summed E-state index contributed by atoms with van der Waals surface area (Å²) in [6, 6.07) is 3.16. The minimum Gasteiger partial charge on any atom is -0.468 e. The van der Waals surface area contributed by atoms with E-state index in [1.807, 2.05) is 19.1 Å². The van der Waals surface area contributed by atoms with Gasteiger partial charge in [0.2, 0.25) is 0 Å². The standard InChI is InChI=1S/C12H12N2O4S/c1-7-3-4-8(19-7)5-9-11(16)14(12(17)13-9)6-10(15)18-2/h3-5H,6H2,1-2H3,(H,13,17)/b9-5+. The van der Waals surface area contributed by atoms with Gasteiger partial charge in [0, 0.05) is 9.75 Å². The molecule has 1 aromatic rings. The number of carbonyl (C=O) groups is 3. The van der Waals surface area contributed by atoms with Gasteiger partial charge in [0.1, 0.15) is 12.2 Å². The molecule has 1 fully saturated rings. The quantitative estimate of drug-likeness (QED) is 0.511. The van der Waals surface area contributed by atoms with Crippen LogP contribution >= 0.6 is 11.3 Å². The second-order valence-corrected chi connectivity index (χ2v) is 5.22. The molecule has 0 unspecified atom stereocenters. The highest BCUT2D eigenvalue weighted by atomic mass is 32.1. The molecule has 100 valence electrons. The molecule has 3 amide bonds.